The number of hydrogen-bond acceptors (Lipinski definition) is 3. The zero-order valence-electron chi connectivity index (χ0n) is 17.7. The number of nitrogens with zero attached hydrogens (tertiary/aromatic N) is 2. The fraction of sp³-hybridized carbons (Fsp3) is 0.609. The van der Waals surface area contributed by atoms with Crippen LogP contribution in [0.25, 0.3) is 0 Å². The second-order valence-electron chi connectivity index (χ2n) is 8.88. The van der Waals surface area contributed by atoms with Crippen molar-refractivity contribution < 1.29 is 9.53 Å². The minimum atomic E-state index is -0.441. The molecule has 1 saturated heterocycles. The molecule has 1 aromatic rings. The molecule has 1 fully saturated rings. The van der Waals surface area contributed by atoms with E-state index in [9.17, 15) is 4.79 Å². The molecule has 1 aliphatic carbocycles. The summed E-state index contributed by atoms with van der Waals surface area (Å²) in [5.74, 6) is 0. The fourth-order valence-corrected chi connectivity index (χ4v) is 4.01. The molecule has 0 radical (unpaired) electrons. The molecule has 1 aromatic carbocycles. The molecule has 28 heavy (non-hydrogen) atoms. The minimum Gasteiger partial charge on any atom is -0.444 e. The summed E-state index contributed by atoms with van der Waals surface area (Å²) in [5.41, 5.74) is 2.56. The Hall–Kier alpha value is -1.52. The summed E-state index contributed by atoms with van der Waals surface area (Å²) >= 11 is 0. The molecule has 3 rings (SSSR count). The van der Waals surface area contributed by atoms with Crippen molar-refractivity contribution in [3.63, 3.8) is 0 Å². The Morgan fingerprint density at radius 3 is 2.32 bits per heavy atom. The number of amides is 1. The van der Waals surface area contributed by atoms with Crippen molar-refractivity contribution in [3.05, 3.63) is 47.5 Å². The van der Waals surface area contributed by atoms with Gasteiger partial charge < -0.3 is 9.64 Å². The summed E-state index contributed by atoms with van der Waals surface area (Å²) in [6.07, 6.45) is 7.76. The lowest BCUT2D eigenvalue weighted by molar-refractivity contribution is 0.0137. The van der Waals surface area contributed by atoms with Gasteiger partial charge in [0.1, 0.15) is 5.60 Å². The maximum atomic E-state index is 12.4. The number of rotatable bonds is 5. The first-order chi connectivity index (χ1) is 12.8. The molecule has 5 heteroatoms. The van der Waals surface area contributed by atoms with Crippen LogP contribution in [0.1, 0.15) is 52.0 Å². The lowest BCUT2D eigenvalue weighted by atomic mass is 9.86. The molecule has 0 N–H and O–H groups in total. The van der Waals surface area contributed by atoms with Crippen LogP contribution in [-0.4, -0.2) is 53.7 Å². The fourth-order valence-electron chi connectivity index (χ4n) is 4.01. The van der Waals surface area contributed by atoms with Crippen molar-refractivity contribution in [2.24, 2.45) is 0 Å². The van der Waals surface area contributed by atoms with Crippen LogP contribution in [-0.2, 0) is 11.2 Å². The summed E-state index contributed by atoms with van der Waals surface area (Å²) in [6.45, 7) is 7.82. The Kier molecular flexibility index (Phi) is 7.97. The van der Waals surface area contributed by atoms with E-state index in [0.29, 0.717) is 6.04 Å². The third-order valence-corrected chi connectivity index (χ3v) is 5.71. The molecule has 1 heterocycles. The van der Waals surface area contributed by atoms with Gasteiger partial charge in [0.15, 0.2) is 0 Å². The van der Waals surface area contributed by atoms with E-state index in [1.54, 1.807) is 10.5 Å². The Morgan fingerprint density at radius 1 is 1.21 bits per heavy atom. The van der Waals surface area contributed by atoms with Gasteiger partial charge in [0, 0.05) is 32.2 Å². The Balaban J connectivity index is 0.00000280. The van der Waals surface area contributed by atoms with E-state index in [2.05, 4.69) is 41.3 Å². The van der Waals surface area contributed by atoms with Gasteiger partial charge in [0.25, 0.3) is 0 Å². The molecular formula is C23H35ClN2O2. The quantitative estimate of drug-likeness (QED) is 0.640. The van der Waals surface area contributed by atoms with Crippen molar-refractivity contribution in [3.8, 4) is 0 Å². The summed E-state index contributed by atoms with van der Waals surface area (Å²) in [4.78, 5) is 16.8. The van der Waals surface area contributed by atoms with E-state index in [1.165, 1.54) is 18.4 Å². The molecule has 2 aliphatic rings. The van der Waals surface area contributed by atoms with Gasteiger partial charge >= 0.3 is 6.09 Å². The van der Waals surface area contributed by atoms with Gasteiger partial charge in [-0.25, -0.2) is 4.79 Å². The van der Waals surface area contributed by atoms with E-state index < -0.39 is 5.60 Å². The molecule has 4 nitrogen and oxygen atoms in total. The molecular weight excluding hydrogens is 372 g/mol. The number of piperidine rings is 1. The number of likely N-dealkylation sites (tertiary alicyclic amines) is 1. The molecule has 1 aliphatic heterocycles. The first-order valence-corrected chi connectivity index (χ1v) is 10.3. The van der Waals surface area contributed by atoms with Crippen molar-refractivity contribution in [2.75, 3.05) is 20.1 Å². The van der Waals surface area contributed by atoms with E-state index in [-0.39, 0.29) is 24.5 Å². The lowest BCUT2D eigenvalue weighted by Crippen LogP contribution is -2.50. The number of hydrogen-bond donors (Lipinski definition) is 0. The van der Waals surface area contributed by atoms with Crippen LogP contribution in [0.15, 0.2) is 42.0 Å². The highest BCUT2D eigenvalue weighted by atomic mass is 35.5. The van der Waals surface area contributed by atoms with Gasteiger partial charge in [-0.05, 0) is 58.4 Å². The van der Waals surface area contributed by atoms with Crippen LogP contribution in [0.2, 0.25) is 0 Å². The zero-order valence-corrected chi connectivity index (χ0v) is 18.5. The van der Waals surface area contributed by atoms with Gasteiger partial charge in [-0.15, -0.1) is 12.4 Å². The van der Waals surface area contributed by atoms with Crippen LogP contribution >= 0.6 is 12.4 Å². The largest absolute Gasteiger partial charge is 0.444 e. The normalized spacial score (nSPS) is 19.1. The topological polar surface area (TPSA) is 32.8 Å². The second-order valence-corrected chi connectivity index (χ2v) is 8.88. The summed E-state index contributed by atoms with van der Waals surface area (Å²) in [7, 11) is 1.88. The minimum absolute atomic E-state index is 0. The SMILES string of the molecule is CN(C(=O)OC(C)(C)C)C1CCN(C(Cc2ccccc2)C2=CCC2)CC1.Cl. The van der Waals surface area contributed by atoms with Crippen LogP contribution in [0.5, 0.6) is 0 Å². The maximum Gasteiger partial charge on any atom is 0.410 e. The highest BCUT2D eigenvalue weighted by Gasteiger charge is 2.32. The number of ether oxygens (including phenoxy) is 1. The van der Waals surface area contributed by atoms with E-state index in [4.69, 9.17) is 4.74 Å². The van der Waals surface area contributed by atoms with Gasteiger partial charge in [-0.1, -0.05) is 42.0 Å². The van der Waals surface area contributed by atoms with Crippen LogP contribution < -0.4 is 0 Å². The molecule has 1 atom stereocenters. The summed E-state index contributed by atoms with van der Waals surface area (Å²) in [5, 5.41) is 0. The highest BCUT2D eigenvalue weighted by Crippen LogP contribution is 2.30. The van der Waals surface area contributed by atoms with Crippen molar-refractivity contribution in [1.29, 1.82) is 0 Å². The third kappa shape index (κ3) is 5.99. The second kappa shape index (κ2) is 9.80. The number of carbonyl (C=O) groups excluding carboxylic acids is 1. The number of benzene rings is 1. The predicted molar refractivity (Wildman–Crippen MR) is 117 cm³/mol. The van der Waals surface area contributed by atoms with Gasteiger partial charge in [0.2, 0.25) is 0 Å². The smallest absolute Gasteiger partial charge is 0.410 e. The molecule has 0 aromatic heterocycles. The molecule has 0 saturated carbocycles. The van der Waals surface area contributed by atoms with Crippen LogP contribution in [0.3, 0.4) is 0 Å². The van der Waals surface area contributed by atoms with Crippen LogP contribution in [0.4, 0.5) is 4.79 Å². The van der Waals surface area contributed by atoms with Crippen molar-refractivity contribution >= 4 is 18.5 Å². The number of allylic oxidation sites excluding steroid dienone is 1. The standard InChI is InChI=1S/C23H34N2O2.ClH/c1-23(2,3)27-22(26)24(4)20-13-15-25(16-14-20)21(19-11-8-12-19)17-18-9-6-5-7-10-18;/h5-7,9-11,20-21H,8,12-17H2,1-4H3;1H. The lowest BCUT2D eigenvalue weighted by Gasteiger charge is -2.42. The average Bonchev–Trinajstić information content (AvgIpc) is 2.58. The Morgan fingerprint density at radius 2 is 1.82 bits per heavy atom. The van der Waals surface area contributed by atoms with E-state index in [1.807, 2.05) is 27.8 Å². The summed E-state index contributed by atoms with van der Waals surface area (Å²) in [6, 6.07) is 11.6. The maximum absolute atomic E-state index is 12.4. The molecule has 1 amide bonds. The van der Waals surface area contributed by atoms with Crippen LogP contribution in [0, 0.1) is 0 Å². The van der Waals surface area contributed by atoms with E-state index >= 15 is 0 Å². The first kappa shape index (κ1) is 22.8. The Labute approximate surface area is 176 Å². The summed E-state index contributed by atoms with van der Waals surface area (Å²) < 4.78 is 5.54. The average molecular weight is 407 g/mol. The zero-order chi connectivity index (χ0) is 19.4. The predicted octanol–water partition coefficient (Wildman–Crippen LogP) is 5.07. The first-order valence-electron chi connectivity index (χ1n) is 10.3. The molecule has 156 valence electrons. The van der Waals surface area contributed by atoms with Gasteiger partial charge in [-0.2, -0.15) is 0 Å². The van der Waals surface area contributed by atoms with Crippen molar-refractivity contribution in [2.45, 2.75) is 70.6 Å². The highest BCUT2D eigenvalue weighted by molar-refractivity contribution is 5.85. The van der Waals surface area contributed by atoms with Crippen molar-refractivity contribution in [1.82, 2.24) is 9.80 Å². The molecule has 0 bridgehead atoms. The number of halogens is 1. The van der Waals surface area contributed by atoms with Gasteiger partial charge in [0.05, 0.1) is 0 Å². The number of carbonyl (C=O) groups is 1. The Bertz CT molecular complexity index is 661. The molecule has 1 unspecified atom stereocenters. The third-order valence-electron chi connectivity index (χ3n) is 5.71. The molecule has 0 spiro atoms. The van der Waals surface area contributed by atoms with Gasteiger partial charge in [-0.3, -0.25) is 4.90 Å². The van der Waals surface area contributed by atoms with E-state index in [0.717, 1.165) is 32.4 Å². The monoisotopic (exact) mass is 406 g/mol.